The normalized spacial score (nSPS) is 12.1. The van der Waals surface area contributed by atoms with Crippen molar-refractivity contribution in [1.29, 1.82) is 0 Å². The van der Waals surface area contributed by atoms with E-state index in [-0.39, 0.29) is 5.78 Å². The van der Waals surface area contributed by atoms with Crippen molar-refractivity contribution in [2.45, 2.75) is 0 Å². The Kier molecular flexibility index (Phi) is 4.02. The molecule has 4 aromatic carbocycles. The quantitative estimate of drug-likeness (QED) is 0.293. The van der Waals surface area contributed by atoms with Crippen molar-refractivity contribution in [3.8, 4) is 33.6 Å². The van der Waals surface area contributed by atoms with Crippen LogP contribution in [0.3, 0.4) is 0 Å². The number of pyridine rings is 1. The van der Waals surface area contributed by atoms with Gasteiger partial charge >= 0.3 is 0 Å². The predicted octanol–water partition coefficient (Wildman–Crippen LogP) is 7.43. The molecule has 6 rings (SSSR count). The molecule has 2 nitrogen and oxygen atoms in total. The maximum atomic E-state index is 13.3. The van der Waals surface area contributed by atoms with Crippen molar-refractivity contribution >= 4 is 28.2 Å². The van der Waals surface area contributed by atoms with Crippen LogP contribution in [0.5, 0.6) is 0 Å². The molecule has 0 radical (unpaired) electrons. The van der Waals surface area contributed by atoms with Crippen LogP contribution in [0.2, 0.25) is 5.02 Å². The summed E-state index contributed by atoms with van der Waals surface area (Å²) in [5.74, 6) is 0.0214. The average molecular weight is 418 g/mol. The fourth-order valence-corrected chi connectivity index (χ4v) is 4.47. The highest BCUT2D eigenvalue weighted by Crippen LogP contribution is 2.42. The maximum Gasteiger partial charge on any atom is 0.196 e. The Morgan fingerprint density at radius 1 is 0.613 bits per heavy atom. The summed E-state index contributed by atoms with van der Waals surface area (Å²) in [5, 5.41) is 3.01. The van der Waals surface area contributed by atoms with Crippen LogP contribution in [0, 0.1) is 0 Å². The van der Waals surface area contributed by atoms with Gasteiger partial charge in [0.25, 0.3) is 0 Å². The molecule has 0 saturated carbocycles. The standard InChI is InChI=1S/C28H16ClNO/c29-21-13-11-18(12-14-21)24-16-25(20-10-9-17-5-1-2-6-19(17)15-20)30-27-22-7-3-4-8-23(22)28(31)26(24)27/h1-16H. The number of rotatable bonds is 2. The van der Waals surface area contributed by atoms with Gasteiger partial charge in [0, 0.05) is 21.7 Å². The monoisotopic (exact) mass is 417 g/mol. The van der Waals surface area contributed by atoms with Crippen LogP contribution in [0.4, 0.5) is 0 Å². The van der Waals surface area contributed by atoms with Crippen LogP contribution in [-0.4, -0.2) is 10.8 Å². The molecule has 0 amide bonds. The van der Waals surface area contributed by atoms with E-state index in [9.17, 15) is 4.79 Å². The molecule has 0 bridgehead atoms. The first kappa shape index (κ1) is 18.1. The maximum absolute atomic E-state index is 13.3. The Morgan fingerprint density at radius 2 is 1.29 bits per heavy atom. The van der Waals surface area contributed by atoms with E-state index in [4.69, 9.17) is 16.6 Å². The topological polar surface area (TPSA) is 30.0 Å². The highest BCUT2D eigenvalue weighted by atomic mass is 35.5. The lowest BCUT2D eigenvalue weighted by atomic mass is 9.95. The molecule has 1 aromatic heterocycles. The molecule has 3 heteroatoms. The average Bonchev–Trinajstić information content (AvgIpc) is 3.11. The summed E-state index contributed by atoms with van der Waals surface area (Å²) >= 11 is 6.12. The zero-order valence-electron chi connectivity index (χ0n) is 16.5. The number of ketones is 1. The molecular weight excluding hydrogens is 402 g/mol. The van der Waals surface area contributed by atoms with Crippen LogP contribution in [-0.2, 0) is 0 Å². The van der Waals surface area contributed by atoms with E-state index in [0.717, 1.165) is 39.0 Å². The highest BCUT2D eigenvalue weighted by molar-refractivity contribution is 6.30. The van der Waals surface area contributed by atoms with E-state index in [0.29, 0.717) is 16.1 Å². The van der Waals surface area contributed by atoms with Crippen molar-refractivity contribution < 1.29 is 4.79 Å². The van der Waals surface area contributed by atoms with Crippen molar-refractivity contribution in [2.24, 2.45) is 0 Å². The number of carbonyl (C=O) groups is 1. The second-order valence-electron chi connectivity index (χ2n) is 7.72. The second-order valence-corrected chi connectivity index (χ2v) is 8.16. The number of hydrogen-bond donors (Lipinski definition) is 0. The van der Waals surface area contributed by atoms with Gasteiger partial charge in [0.1, 0.15) is 0 Å². The minimum atomic E-state index is 0.0214. The van der Waals surface area contributed by atoms with Crippen LogP contribution in [0.1, 0.15) is 15.9 Å². The van der Waals surface area contributed by atoms with Crippen molar-refractivity contribution in [1.82, 2.24) is 4.98 Å². The van der Waals surface area contributed by atoms with Gasteiger partial charge in [-0.15, -0.1) is 0 Å². The third-order valence-corrected chi connectivity index (χ3v) is 6.13. The number of nitrogens with zero attached hydrogens (tertiary/aromatic N) is 1. The first-order valence-corrected chi connectivity index (χ1v) is 10.5. The summed E-state index contributed by atoms with van der Waals surface area (Å²) in [6, 6.07) is 32.0. The van der Waals surface area contributed by atoms with Crippen molar-refractivity contribution in [2.75, 3.05) is 0 Å². The van der Waals surface area contributed by atoms with Crippen LogP contribution >= 0.6 is 11.6 Å². The van der Waals surface area contributed by atoms with E-state index >= 15 is 0 Å². The molecule has 0 spiro atoms. The Hall–Kier alpha value is -3.75. The van der Waals surface area contributed by atoms with Crippen molar-refractivity contribution in [3.05, 3.63) is 113 Å². The van der Waals surface area contributed by atoms with Gasteiger partial charge in [0.15, 0.2) is 5.78 Å². The largest absolute Gasteiger partial charge is 0.288 e. The molecule has 31 heavy (non-hydrogen) atoms. The first-order valence-electron chi connectivity index (χ1n) is 10.1. The van der Waals surface area contributed by atoms with Gasteiger partial charge in [-0.1, -0.05) is 84.4 Å². The Labute approximate surface area is 184 Å². The molecule has 0 saturated heterocycles. The summed E-state index contributed by atoms with van der Waals surface area (Å²) in [4.78, 5) is 18.3. The first-order chi connectivity index (χ1) is 15.2. The third-order valence-electron chi connectivity index (χ3n) is 5.87. The minimum absolute atomic E-state index is 0.0214. The lowest BCUT2D eigenvalue weighted by Crippen LogP contribution is -2.00. The molecule has 0 atom stereocenters. The molecular formula is C28H16ClNO. The zero-order chi connectivity index (χ0) is 20.9. The van der Waals surface area contributed by atoms with E-state index in [1.807, 2.05) is 66.7 Å². The molecule has 0 N–H and O–H groups in total. The molecule has 0 aliphatic heterocycles. The summed E-state index contributed by atoms with van der Waals surface area (Å²) in [6.07, 6.45) is 0. The van der Waals surface area contributed by atoms with E-state index in [2.05, 4.69) is 30.3 Å². The highest BCUT2D eigenvalue weighted by Gasteiger charge is 2.31. The van der Waals surface area contributed by atoms with E-state index in [1.165, 1.54) is 5.39 Å². The minimum Gasteiger partial charge on any atom is -0.288 e. The SMILES string of the molecule is O=C1c2ccccc2-c2nc(-c3ccc4ccccc4c3)cc(-c3ccc(Cl)cc3)c21. The second kappa shape index (κ2) is 6.90. The summed E-state index contributed by atoms with van der Waals surface area (Å²) < 4.78 is 0. The van der Waals surface area contributed by atoms with Gasteiger partial charge < -0.3 is 0 Å². The summed E-state index contributed by atoms with van der Waals surface area (Å²) in [6.45, 7) is 0. The fraction of sp³-hybridized carbons (Fsp3) is 0. The zero-order valence-corrected chi connectivity index (χ0v) is 17.2. The van der Waals surface area contributed by atoms with Gasteiger partial charge in [-0.25, -0.2) is 4.98 Å². The van der Waals surface area contributed by atoms with Gasteiger partial charge in [0.05, 0.1) is 17.0 Å². The Bertz CT molecular complexity index is 1500. The summed E-state index contributed by atoms with van der Waals surface area (Å²) in [5.41, 5.74) is 6.70. The number of benzene rings is 4. The van der Waals surface area contributed by atoms with Crippen molar-refractivity contribution in [3.63, 3.8) is 0 Å². The number of fused-ring (bicyclic) bond motifs is 4. The van der Waals surface area contributed by atoms with E-state index < -0.39 is 0 Å². The molecule has 5 aromatic rings. The lowest BCUT2D eigenvalue weighted by Gasteiger charge is -2.12. The molecule has 0 fully saturated rings. The number of hydrogen-bond acceptors (Lipinski definition) is 2. The summed E-state index contributed by atoms with van der Waals surface area (Å²) in [7, 11) is 0. The molecule has 1 heterocycles. The molecule has 146 valence electrons. The lowest BCUT2D eigenvalue weighted by molar-refractivity contribution is 0.104. The van der Waals surface area contributed by atoms with Gasteiger partial charge in [-0.3, -0.25) is 4.79 Å². The smallest absolute Gasteiger partial charge is 0.196 e. The Balaban J connectivity index is 1.64. The van der Waals surface area contributed by atoms with Crippen LogP contribution in [0.15, 0.2) is 97.1 Å². The third kappa shape index (κ3) is 2.88. The van der Waals surface area contributed by atoms with Gasteiger partial charge in [-0.2, -0.15) is 0 Å². The Morgan fingerprint density at radius 3 is 2.10 bits per heavy atom. The predicted molar refractivity (Wildman–Crippen MR) is 126 cm³/mol. The van der Waals surface area contributed by atoms with Crippen LogP contribution < -0.4 is 0 Å². The molecule has 0 unspecified atom stereocenters. The molecule has 1 aliphatic carbocycles. The van der Waals surface area contributed by atoms with Gasteiger partial charge in [-0.05, 0) is 46.2 Å². The number of aromatic nitrogens is 1. The van der Waals surface area contributed by atoms with Crippen LogP contribution in [0.25, 0.3) is 44.4 Å². The number of carbonyl (C=O) groups excluding carboxylic acids is 1. The fourth-order valence-electron chi connectivity index (χ4n) is 4.35. The van der Waals surface area contributed by atoms with Gasteiger partial charge in [0.2, 0.25) is 0 Å². The molecule has 1 aliphatic rings. The number of halogens is 1. The van der Waals surface area contributed by atoms with E-state index in [1.54, 1.807) is 0 Å².